The fourth-order valence-corrected chi connectivity index (χ4v) is 2.75. The van der Waals surface area contributed by atoms with E-state index >= 15 is 0 Å². The van der Waals surface area contributed by atoms with Crippen LogP contribution in [0.5, 0.6) is 0 Å². The third kappa shape index (κ3) is 3.86. The minimum atomic E-state index is 0.838. The molecular formula is C15H23N7. The highest BCUT2D eigenvalue weighted by Crippen LogP contribution is 2.09. The SMILES string of the molecule is CCCn1nnnc1CN1CCN(Cc2ccccn2)CC1. The van der Waals surface area contributed by atoms with Gasteiger partial charge in [-0.1, -0.05) is 13.0 Å². The molecule has 3 heterocycles. The van der Waals surface area contributed by atoms with Crippen LogP contribution in [0.1, 0.15) is 24.9 Å². The second-order valence-electron chi connectivity index (χ2n) is 5.69. The van der Waals surface area contributed by atoms with Crippen LogP contribution >= 0.6 is 0 Å². The van der Waals surface area contributed by atoms with Gasteiger partial charge in [-0.2, -0.15) is 0 Å². The Morgan fingerprint density at radius 2 is 1.82 bits per heavy atom. The molecule has 1 fully saturated rings. The average Bonchev–Trinajstić information content (AvgIpc) is 2.98. The van der Waals surface area contributed by atoms with E-state index in [-0.39, 0.29) is 0 Å². The number of nitrogens with zero attached hydrogens (tertiary/aromatic N) is 7. The van der Waals surface area contributed by atoms with Crippen molar-refractivity contribution in [2.75, 3.05) is 26.2 Å². The quantitative estimate of drug-likeness (QED) is 0.786. The lowest BCUT2D eigenvalue weighted by Gasteiger charge is -2.34. The van der Waals surface area contributed by atoms with Gasteiger partial charge in [-0.05, 0) is 29.0 Å². The molecule has 2 aromatic heterocycles. The number of aromatic nitrogens is 5. The number of hydrogen-bond donors (Lipinski definition) is 0. The van der Waals surface area contributed by atoms with E-state index in [0.717, 1.165) is 63.8 Å². The van der Waals surface area contributed by atoms with Gasteiger partial charge in [0.1, 0.15) is 0 Å². The smallest absolute Gasteiger partial charge is 0.165 e. The van der Waals surface area contributed by atoms with Crippen LogP contribution in [0.3, 0.4) is 0 Å². The van der Waals surface area contributed by atoms with E-state index in [9.17, 15) is 0 Å². The van der Waals surface area contributed by atoms with Gasteiger partial charge >= 0.3 is 0 Å². The largest absolute Gasteiger partial charge is 0.295 e. The Balaban J connectivity index is 1.48. The molecule has 0 unspecified atom stereocenters. The lowest BCUT2D eigenvalue weighted by atomic mass is 10.2. The summed E-state index contributed by atoms with van der Waals surface area (Å²) in [6, 6.07) is 6.10. The van der Waals surface area contributed by atoms with Crippen LogP contribution in [-0.4, -0.2) is 61.2 Å². The molecule has 0 bridgehead atoms. The first-order valence-electron chi connectivity index (χ1n) is 7.95. The molecule has 0 saturated carbocycles. The number of hydrogen-bond acceptors (Lipinski definition) is 6. The van der Waals surface area contributed by atoms with Crippen LogP contribution < -0.4 is 0 Å². The summed E-state index contributed by atoms with van der Waals surface area (Å²) in [5.74, 6) is 0.972. The maximum Gasteiger partial charge on any atom is 0.165 e. The minimum absolute atomic E-state index is 0.838. The summed E-state index contributed by atoms with van der Waals surface area (Å²) in [4.78, 5) is 9.28. The zero-order valence-corrected chi connectivity index (χ0v) is 13.1. The van der Waals surface area contributed by atoms with Crippen molar-refractivity contribution < 1.29 is 0 Å². The molecule has 7 heteroatoms. The van der Waals surface area contributed by atoms with Crippen LogP contribution in [0.2, 0.25) is 0 Å². The third-order valence-corrected chi connectivity index (χ3v) is 3.98. The number of pyridine rings is 1. The molecule has 1 aliphatic heterocycles. The normalized spacial score (nSPS) is 17.0. The molecule has 0 atom stereocenters. The molecule has 1 aliphatic rings. The van der Waals surface area contributed by atoms with Gasteiger partial charge < -0.3 is 0 Å². The number of piperazine rings is 1. The molecule has 0 aliphatic carbocycles. The van der Waals surface area contributed by atoms with Gasteiger partial charge in [-0.3, -0.25) is 14.8 Å². The Bertz CT molecular complexity index is 560. The highest BCUT2D eigenvalue weighted by atomic mass is 15.5. The molecule has 1 saturated heterocycles. The molecule has 0 N–H and O–H groups in total. The van der Waals surface area contributed by atoms with Crippen molar-refractivity contribution in [3.05, 3.63) is 35.9 Å². The average molecular weight is 301 g/mol. The van der Waals surface area contributed by atoms with E-state index in [1.807, 2.05) is 23.0 Å². The molecule has 2 aromatic rings. The topological polar surface area (TPSA) is 63.0 Å². The molecule has 118 valence electrons. The number of tetrazole rings is 1. The standard InChI is InChI=1S/C15H23N7/c1-2-7-22-15(17-18-19-22)13-21-10-8-20(9-11-21)12-14-5-3-4-6-16-14/h3-6H,2,7-13H2,1H3. The molecular weight excluding hydrogens is 278 g/mol. The monoisotopic (exact) mass is 301 g/mol. The van der Waals surface area contributed by atoms with Crippen LogP contribution in [0.25, 0.3) is 0 Å². The van der Waals surface area contributed by atoms with Crippen molar-refractivity contribution in [1.82, 2.24) is 35.0 Å². The molecule has 0 amide bonds. The minimum Gasteiger partial charge on any atom is -0.295 e. The van der Waals surface area contributed by atoms with E-state index in [2.05, 4.69) is 43.3 Å². The molecule has 22 heavy (non-hydrogen) atoms. The summed E-state index contributed by atoms with van der Waals surface area (Å²) in [6.45, 7) is 9.02. The summed E-state index contributed by atoms with van der Waals surface area (Å²) in [5, 5.41) is 12.0. The Morgan fingerprint density at radius 1 is 1.05 bits per heavy atom. The first-order valence-corrected chi connectivity index (χ1v) is 7.95. The van der Waals surface area contributed by atoms with Crippen LogP contribution in [-0.2, 0) is 19.6 Å². The van der Waals surface area contributed by atoms with Crippen LogP contribution in [0.4, 0.5) is 0 Å². The Kier molecular flexibility index (Phi) is 5.07. The molecule has 0 spiro atoms. The van der Waals surface area contributed by atoms with Gasteiger partial charge in [0.15, 0.2) is 5.82 Å². The summed E-state index contributed by atoms with van der Waals surface area (Å²) in [5.41, 5.74) is 1.14. The zero-order chi connectivity index (χ0) is 15.2. The number of rotatable bonds is 6. The summed E-state index contributed by atoms with van der Waals surface area (Å²) in [7, 11) is 0. The second-order valence-corrected chi connectivity index (χ2v) is 5.69. The van der Waals surface area contributed by atoms with Gasteiger partial charge in [-0.15, -0.1) is 5.10 Å². The molecule has 0 aromatic carbocycles. The van der Waals surface area contributed by atoms with Gasteiger partial charge in [0.05, 0.1) is 12.2 Å². The van der Waals surface area contributed by atoms with E-state index in [4.69, 9.17) is 0 Å². The summed E-state index contributed by atoms with van der Waals surface area (Å²) >= 11 is 0. The van der Waals surface area contributed by atoms with Crippen molar-refractivity contribution in [1.29, 1.82) is 0 Å². The van der Waals surface area contributed by atoms with Gasteiger partial charge in [0.25, 0.3) is 0 Å². The van der Waals surface area contributed by atoms with Gasteiger partial charge in [-0.25, -0.2) is 4.68 Å². The van der Waals surface area contributed by atoms with Crippen molar-refractivity contribution >= 4 is 0 Å². The van der Waals surface area contributed by atoms with Crippen molar-refractivity contribution in [2.45, 2.75) is 33.0 Å². The lowest BCUT2D eigenvalue weighted by molar-refractivity contribution is 0.117. The van der Waals surface area contributed by atoms with Crippen molar-refractivity contribution in [3.8, 4) is 0 Å². The fraction of sp³-hybridized carbons (Fsp3) is 0.600. The van der Waals surface area contributed by atoms with Crippen LogP contribution in [0, 0.1) is 0 Å². The Labute approximate surface area is 130 Å². The Hall–Kier alpha value is -1.86. The van der Waals surface area contributed by atoms with E-state index in [0.29, 0.717) is 0 Å². The van der Waals surface area contributed by atoms with E-state index in [1.54, 1.807) is 0 Å². The maximum atomic E-state index is 4.40. The fourth-order valence-electron chi connectivity index (χ4n) is 2.75. The van der Waals surface area contributed by atoms with Gasteiger partial charge in [0, 0.05) is 45.5 Å². The predicted octanol–water partition coefficient (Wildman–Crippen LogP) is 0.796. The summed E-state index contributed by atoms with van der Waals surface area (Å²) < 4.78 is 1.92. The van der Waals surface area contributed by atoms with Crippen molar-refractivity contribution in [2.24, 2.45) is 0 Å². The first-order chi connectivity index (χ1) is 10.8. The van der Waals surface area contributed by atoms with E-state index < -0.39 is 0 Å². The van der Waals surface area contributed by atoms with Gasteiger partial charge in [0.2, 0.25) is 0 Å². The third-order valence-electron chi connectivity index (χ3n) is 3.98. The molecule has 3 rings (SSSR count). The van der Waals surface area contributed by atoms with Crippen molar-refractivity contribution in [3.63, 3.8) is 0 Å². The maximum absolute atomic E-state index is 4.40. The zero-order valence-electron chi connectivity index (χ0n) is 13.1. The summed E-state index contributed by atoms with van der Waals surface area (Å²) in [6.07, 6.45) is 2.91. The lowest BCUT2D eigenvalue weighted by Crippen LogP contribution is -2.45. The highest BCUT2D eigenvalue weighted by Gasteiger charge is 2.19. The molecule has 7 nitrogen and oxygen atoms in total. The highest BCUT2D eigenvalue weighted by molar-refractivity contribution is 5.03. The predicted molar refractivity (Wildman–Crippen MR) is 82.9 cm³/mol. The van der Waals surface area contributed by atoms with E-state index in [1.165, 1.54) is 0 Å². The number of aryl methyl sites for hydroxylation is 1. The van der Waals surface area contributed by atoms with Crippen LogP contribution in [0.15, 0.2) is 24.4 Å². The molecule has 0 radical (unpaired) electrons. The first kappa shape index (κ1) is 15.1. The second kappa shape index (κ2) is 7.42. The Morgan fingerprint density at radius 3 is 2.50 bits per heavy atom.